The Morgan fingerprint density at radius 3 is 2.53 bits per heavy atom. The van der Waals surface area contributed by atoms with Crippen LogP contribution >= 0.6 is 0 Å². The number of H-pyrrole nitrogens is 2. The summed E-state index contributed by atoms with van der Waals surface area (Å²) in [5, 5.41) is 3.38. The molecule has 2 heterocycles. The number of carbonyl (C=O) groups excluding carboxylic acids is 1. The van der Waals surface area contributed by atoms with E-state index in [1.165, 1.54) is 0 Å². The molecule has 0 aliphatic carbocycles. The van der Waals surface area contributed by atoms with E-state index in [-0.39, 0.29) is 6.42 Å². The molecule has 3 N–H and O–H groups in total. The minimum absolute atomic E-state index is 0.284. The number of aromatic amines is 2. The van der Waals surface area contributed by atoms with Crippen molar-refractivity contribution in [3.8, 4) is 11.3 Å². The summed E-state index contributed by atoms with van der Waals surface area (Å²) in [5.74, 6) is -1.33. The number of hydrogen-bond donors (Lipinski definition) is 3. The molecule has 6 nitrogen and oxygen atoms in total. The third-order valence-electron chi connectivity index (χ3n) is 4.92. The molecule has 32 heavy (non-hydrogen) atoms. The van der Waals surface area contributed by atoms with Crippen molar-refractivity contribution in [1.82, 2.24) is 20.3 Å². The lowest BCUT2D eigenvalue weighted by molar-refractivity contribution is 0.0501. The first-order valence-corrected chi connectivity index (χ1v) is 10.2. The number of ether oxygens (including phenoxy) is 1. The van der Waals surface area contributed by atoms with E-state index in [1.54, 1.807) is 33.2 Å². The summed E-state index contributed by atoms with van der Waals surface area (Å²) in [4.78, 5) is 23.3. The van der Waals surface area contributed by atoms with E-state index in [0.29, 0.717) is 22.3 Å². The minimum atomic E-state index is -0.931. The van der Waals surface area contributed by atoms with Gasteiger partial charge in [-0.15, -0.1) is 0 Å². The minimum Gasteiger partial charge on any atom is -0.444 e. The van der Waals surface area contributed by atoms with E-state index in [2.05, 4.69) is 20.3 Å². The molecule has 0 aliphatic rings. The van der Waals surface area contributed by atoms with Gasteiger partial charge in [-0.1, -0.05) is 30.3 Å². The number of alkyl carbamates (subject to hydrolysis) is 1. The van der Waals surface area contributed by atoms with Gasteiger partial charge in [-0.3, -0.25) is 0 Å². The number of fused-ring (bicyclic) bond motifs is 1. The summed E-state index contributed by atoms with van der Waals surface area (Å²) >= 11 is 0. The van der Waals surface area contributed by atoms with Crippen molar-refractivity contribution in [2.24, 2.45) is 0 Å². The van der Waals surface area contributed by atoms with E-state index in [0.717, 1.165) is 23.4 Å². The lowest BCUT2D eigenvalue weighted by atomic mass is 10.0. The van der Waals surface area contributed by atoms with Crippen LogP contribution in [0.4, 0.5) is 13.6 Å². The van der Waals surface area contributed by atoms with Crippen LogP contribution in [0.25, 0.3) is 22.2 Å². The molecule has 4 aromatic rings. The van der Waals surface area contributed by atoms with Gasteiger partial charge >= 0.3 is 6.09 Å². The molecular weight excluding hydrogens is 414 g/mol. The monoisotopic (exact) mass is 438 g/mol. The van der Waals surface area contributed by atoms with E-state index in [4.69, 9.17) is 4.74 Å². The SMILES string of the molecule is CC(C)(C)OC(=O)N[C@@H](Cc1c[nH]c2cc(F)c(F)cc12)c1nc(-c2ccccc2)c[nH]1. The predicted octanol–water partition coefficient (Wildman–Crippen LogP) is 5.64. The molecule has 1 amide bonds. The zero-order chi connectivity index (χ0) is 22.9. The Morgan fingerprint density at radius 2 is 1.81 bits per heavy atom. The normalized spacial score (nSPS) is 12.7. The van der Waals surface area contributed by atoms with Crippen molar-refractivity contribution in [1.29, 1.82) is 0 Å². The molecule has 4 rings (SSSR count). The van der Waals surface area contributed by atoms with Gasteiger partial charge < -0.3 is 20.0 Å². The number of rotatable bonds is 5. The fourth-order valence-corrected chi connectivity index (χ4v) is 3.50. The molecule has 1 atom stereocenters. The Kier molecular flexibility index (Phi) is 5.69. The number of hydrogen-bond acceptors (Lipinski definition) is 3. The lowest BCUT2D eigenvalue weighted by Crippen LogP contribution is -2.36. The highest BCUT2D eigenvalue weighted by atomic mass is 19.2. The van der Waals surface area contributed by atoms with Crippen molar-refractivity contribution in [2.45, 2.75) is 38.8 Å². The molecule has 2 aromatic carbocycles. The van der Waals surface area contributed by atoms with Crippen molar-refractivity contribution in [2.75, 3.05) is 0 Å². The van der Waals surface area contributed by atoms with Gasteiger partial charge in [0.1, 0.15) is 11.4 Å². The van der Waals surface area contributed by atoms with Gasteiger partial charge in [0.05, 0.1) is 11.7 Å². The molecule has 0 fully saturated rings. The Bertz CT molecular complexity index is 1240. The number of carbonyl (C=O) groups is 1. The Balaban J connectivity index is 1.66. The molecule has 2 aromatic heterocycles. The molecule has 8 heteroatoms. The second-order valence-electron chi connectivity index (χ2n) is 8.57. The largest absolute Gasteiger partial charge is 0.444 e. The summed E-state index contributed by atoms with van der Waals surface area (Å²) < 4.78 is 32.9. The summed E-state index contributed by atoms with van der Waals surface area (Å²) in [6.07, 6.45) is 3.12. The molecule has 0 spiro atoms. The first-order valence-electron chi connectivity index (χ1n) is 10.2. The number of nitrogens with one attached hydrogen (secondary N) is 3. The summed E-state index contributed by atoms with van der Waals surface area (Å²) in [6.45, 7) is 5.33. The Morgan fingerprint density at radius 1 is 1.09 bits per heavy atom. The number of amides is 1. The lowest BCUT2D eigenvalue weighted by Gasteiger charge is -2.23. The van der Waals surface area contributed by atoms with Gasteiger partial charge in [0.15, 0.2) is 11.6 Å². The second kappa shape index (κ2) is 8.45. The van der Waals surface area contributed by atoms with E-state index < -0.39 is 29.4 Å². The standard InChI is InChI=1S/C24H24F2N4O2/c1-24(2,3)32-23(31)30-20(22-28-13-21(29-22)14-7-5-4-6-8-14)9-15-12-27-19-11-18(26)17(25)10-16(15)19/h4-8,10-13,20,27H,9H2,1-3H3,(H,28,29)(H,30,31)/t20-/m0/s1. The average molecular weight is 438 g/mol. The van der Waals surface area contributed by atoms with E-state index >= 15 is 0 Å². The van der Waals surface area contributed by atoms with Gasteiger partial charge in [0.25, 0.3) is 0 Å². The maximum absolute atomic E-state index is 13.9. The molecule has 0 saturated carbocycles. The predicted molar refractivity (Wildman–Crippen MR) is 118 cm³/mol. The summed E-state index contributed by atoms with van der Waals surface area (Å²) in [7, 11) is 0. The van der Waals surface area contributed by atoms with Crippen LogP contribution in [0.5, 0.6) is 0 Å². The number of imidazole rings is 1. The smallest absolute Gasteiger partial charge is 0.408 e. The molecule has 0 radical (unpaired) electrons. The first kappa shape index (κ1) is 21.5. The number of benzene rings is 2. The fraction of sp³-hybridized carbons (Fsp3) is 0.250. The van der Waals surface area contributed by atoms with Crippen molar-refractivity contribution in [3.05, 3.63) is 77.9 Å². The maximum Gasteiger partial charge on any atom is 0.408 e. The highest BCUT2D eigenvalue weighted by Gasteiger charge is 2.24. The third kappa shape index (κ3) is 4.80. The van der Waals surface area contributed by atoms with Crippen LogP contribution in [0.2, 0.25) is 0 Å². The summed E-state index contributed by atoms with van der Waals surface area (Å²) in [5.41, 5.74) is 2.16. The third-order valence-corrected chi connectivity index (χ3v) is 4.92. The molecule has 0 bridgehead atoms. The summed E-state index contributed by atoms with van der Waals surface area (Å²) in [6, 6.07) is 11.3. The van der Waals surface area contributed by atoms with Crippen LogP contribution in [-0.2, 0) is 11.2 Å². The highest BCUT2D eigenvalue weighted by molar-refractivity contribution is 5.83. The number of halogens is 2. The molecule has 0 saturated heterocycles. The van der Waals surface area contributed by atoms with Gasteiger partial charge in [-0.2, -0.15) is 0 Å². The highest BCUT2D eigenvalue weighted by Crippen LogP contribution is 2.27. The molecular formula is C24H24F2N4O2. The van der Waals surface area contributed by atoms with Crippen LogP contribution in [0, 0.1) is 11.6 Å². The zero-order valence-electron chi connectivity index (χ0n) is 18.0. The average Bonchev–Trinajstić information content (AvgIpc) is 3.35. The van der Waals surface area contributed by atoms with E-state index in [9.17, 15) is 13.6 Å². The first-order chi connectivity index (χ1) is 15.2. The number of nitrogens with zero attached hydrogens (tertiary/aromatic N) is 1. The van der Waals surface area contributed by atoms with Gasteiger partial charge in [-0.05, 0) is 32.4 Å². The van der Waals surface area contributed by atoms with Gasteiger partial charge in [-0.25, -0.2) is 18.6 Å². The van der Waals surface area contributed by atoms with Crippen LogP contribution in [-0.4, -0.2) is 26.6 Å². The molecule has 0 aliphatic heterocycles. The molecule has 166 valence electrons. The Hall–Kier alpha value is -3.68. The number of aromatic nitrogens is 3. The molecule has 0 unspecified atom stereocenters. The van der Waals surface area contributed by atoms with Crippen molar-refractivity contribution in [3.63, 3.8) is 0 Å². The zero-order valence-corrected chi connectivity index (χ0v) is 18.0. The van der Waals surface area contributed by atoms with Crippen molar-refractivity contribution < 1.29 is 18.3 Å². The second-order valence-corrected chi connectivity index (χ2v) is 8.57. The van der Waals surface area contributed by atoms with Crippen LogP contribution < -0.4 is 5.32 Å². The van der Waals surface area contributed by atoms with E-state index in [1.807, 2.05) is 30.3 Å². The van der Waals surface area contributed by atoms with Crippen LogP contribution in [0.1, 0.15) is 38.2 Å². The maximum atomic E-state index is 13.9. The van der Waals surface area contributed by atoms with Crippen LogP contribution in [0.15, 0.2) is 54.9 Å². The van der Waals surface area contributed by atoms with Crippen LogP contribution in [0.3, 0.4) is 0 Å². The topological polar surface area (TPSA) is 82.8 Å². The van der Waals surface area contributed by atoms with Gasteiger partial charge in [0, 0.05) is 41.3 Å². The van der Waals surface area contributed by atoms with Crippen molar-refractivity contribution >= 4 is 17.0 Å². The van der Waals surface area contributed by atoms with Gasteiger partial charge in [0.2, 0.25) is 0 Å². The fourth-order valence-electron chi connectivity index (χ4n) is 3.50. The quantitative estimate of drug-likeness (QED) is 0.377. The Labute approximate surface area is 184 Å².